The van der Waals surface area contributed by atoms with E-state index >= 15 is 0 Å². The highest BCUT2D eigenvalue weighted by atomic mass is 35.5. The molecule has 0 atom stereocenters. The first kappa shape index (κ1) is 15.6. The number of nitrogens with one attached hydrogen (secondary N) is 1. The van der Waals surface area contributed by atoms with Crippen molar-refractivity contribution < 1.29 is 13.2 Å². The lowest BCUT2D eigenvalue weighted by atomic mass is 10.1. The van der Waals surface area contributed by atoms with Crippen LogP contribution in [0.5, 0.6) is 5.75 Å². The van der Waals surface area contributed by atoms with Crippen molar-refractivity contribution in [3.63, 3.8) is 0 Å². The van der Waals surface area contributed by atoms with Crippen LogP contribution in [0.1, 0.15) is 25.0 Å². The number of ether oxygens (including phenoxy) is 1. The van der Waals surface area contributed by atoms with Gasteiger partial charge in [-0.3, -0.25) is 0 Å². The summed E-state index contributed by atoms with van der Waals surface area (Å²) >= 11 is 6.09. The van der Waals surface area contributed by atoms with E-state index in [0.717, 1.165) is 23.3 Å². The minimum Gasteiger partial charge on any atom is -0.493 e. The van der Waals surface area contributed by atoms with Gasteiger partial charge in [-0.15, -0.1) is 0 Å². The summed E-state index contributed by atoms with van der Waals surface area (Å²) in [5.41, 5.74) is 2.10. The van der Waals surface area contributed by atoms with Gasteiger partial charge < -0.3 is 10.1 Å². The van der Waals surface area contributed by atoms with E-state index in [0.29, 0.717) is 24.7 Å². The van der Waals surface area contributed by atoms with Crippen LogP contribution in [0.2, 0.25) is 5.02 Å². The Kier molecular flexibility index (Phi) is 4.33. The van der Waals surface area contributed by atoms with E-state index in [4.69, 9.17) is 16.3 Å². The molecular weight excluding hydrogens is 298 g/mol. The standard InChI is InChI=1S/C14H20ClNO3S/c1-14(2,20(3,17)18)9-16-8-11-7-12(15)6-10-4-5-19-13(10)11/h6-7,16H,4-5,8-9H2,1-3H3. The van der Waals surface area contributed by atoms with E-state index in [9.17, 15) is 8.42 Å². The van der Waals surface area contributed by atoms with Gasteiger partial charge in [-0.1, -0.05) is 11.6 Å². The maximum atomic E-state index is 11.7. The van der Waals surface area contributed by atoms with Crippen molar-refractivity contribution in [1.29, 1.82) is 0 Å². The summed E-state index contributed by atoms with van der Waals surface area (Å²) in [4.78, 5) is 0. The Balaban J connectivity index is 2.06. The lowest BCUT2D eigenvalue weighted by molar-refractivity contribution is 0.352. The largest absolute Gasteiger partial charge is 0.493 e. The van der Waals surface area contributed by atoms with Crippen LogP contribution in [0.3, 0.4) is 0 Å². The second kappa shape index (κ2) is 5.54. The molecule has 6 heteroatoms. The quantitative estimate of drug-likeness (QED) is 0.904. The van der Waals surface area contributed by atoms with Crippen LogP contribution in [0.25, 0.3) is 0 Å². The molecule has 1 aromatic carbocycles. The zero-order chi connectivity index (χ0) is 15.0. The first-order valence-electron chi connectivity index (χ1n) is 6.55. The van der Waals surface area contributed by atoms with Crippen molar-refractivity contribution in [3.8, 4) is 5.75 Å². The SMILES string of the molecule is CC(C)(CNCc1cc(Cl)cc2c1OCC2)S(C)(=O)=O. The first-order valence-corrected chi connectivity index (χ1v) is 8.82. The Morgan fingerprint density at radius 2 is 2.10 bits per heavy atom. The third-order valence-corrected chi connectivity index (χ3v) is 6.07. The molecule has 1 N–H and O–H groups in total. The third-order valence-electron chi connectivity index (χ3n) is 3.70. The molecule has 0 spiro atoms. The number of fused-ring (bicyclic) bond motifs is 1. The molecule has 0 unspecified atom stereocenters. The zero-order valence-corrected chi connectivity index (χ0v) is 13.6. The highest BCUT2D eigenvalue weighted by Gasteiger charge is 2.29. The summed E-state index contributed by atoms with van der Waals surface area (Å²) in [5.74, 6) is 0.888. The lowest BCUT2D eigenvalue weighted by Gasteiger charge is -2.23. The number of halogens is 1. The summed E-state index contributed by atoms with van der Waals surface area (Å²) in [5, 5.41) is 3.88. The fourth-order valence-electron chi connectivity index (χ4n) is 2.11. The average Bonchev–Trinajstić information content (AvgIpc) is 2.74. The Hall–Kier alpha value is -0.780. The van der Waals surface area contributed by atoms with Crippen molar-refractivity contribution in [3.05, 3.63) is 28.3 Å². The Bertz CT molecular complexity index is 611. The van der Waals surface area contributed by atoms with Gasteiger partial charge in [-0.05, 0) is 31.5 Å². The fraction of sp³-hybridized carbons (Fsp3) is 0.571. The van der Waals surface area contributed by atoms with Crippen molar-refractivity contribution in [2.75, 3.05) is 19.4 Å². The molecule has 1 heterocycles. The minimum absolute atomic E-state index is 0.382. The molecule has 1 aliphatic heterocycles. The smallest absolute Gasteiger partial charge is 0.153 e. The minimum atomic E-state index is -3.10. The van der Waals surface area contributed by atoms with Gasteiger partial charge in [0.2, 0.25) is 0 Å². The Morgan fingerprint density at radius 1 is 1.40 bits per heavy atom. The molecule has 0 amide bonds. The topological polar surface area (TPSA) is 55.4 Å². The summed E-state index contributed by atoms with van der Waals surface area (Å²) in [6.45, 7) is 5.04. The molecular formula is C14H20ClNO3S. The van der Waals surface area contributed by atoms with Gasteiger partial charge in [0.1, 0.15) is 5.75 Å². The van der Waals surface area contributed by atoms with Gasteiger partial charge in [-0.2, -0.15) is 0 Å². The van der Waals surface area contributed by atoms with Crippen LogP contribution in [0.4, 0.5) is 0 Å². The summed E-state index contributed by atoms with van der Waals surface area (Å²) in [7, 11) is -3.10. The predicted molar refractivity (Wildman–Crippen MR) is 81.3 cm³/mol. The molecule has 0 bridgehead atoms. The summed E-state index contributed by atoms with van der Waals surface area (Å²) in [6.07, 6.45) is 2.13. The van der Waals surface area contributed by atoms with Crippen molar-refractivity contribution >= 4 is 21.4 Å². The van der Waals surface area contributed by atoms with Gasteiger partial charge in [-0.25, -0.2) is 8.42 Å². The highest BCUT2D eigenvalue weighted by Crippen LogP contribution is 2.32. The number of hydrogen-bond acceptors (Lipinski definition) is 4. The van der Waals surface area contributed by atoms with Crippen LogP contribution in [0.15, 0.2) is 12.1 Å². The van der Waals surface area contributed by atoms with Crippen molar-refractivity contribution in [1.82, 2.24) is 5.32 Å². The molecule has 0 aromatic heterocycles. The van der Waals surface area contributed by atoms with E-state index in [1.54, 1.807) is 13.8 Å². The molecule has 0 saturated carbocycles. The molecule has 4 nitrogen and oxygen atoms in total. The third kappa shape index (κ3) is 3.27. The zero-order valence-electron chi connectivity index (χ0n) is 12.0. The molecule has 1 aromatic rings. The molecule has 0 radical (unpaired) electrons. The number of benzene rings is 1. The molecule has 0 aliphatic carbocycles. The van der Waals surface area contributed by atoms with Crippen LogP contribution in [0, 0.1) is 0 Å². The van der Waals surface area contributed by atoms with E-state index < -0.39 is 14.6 Å². The highest BCUT2D eigenvalue weighted by molar-refractivity contribution is 7.92. The molecule has 0 saturated heterocycles. The average molecular weight is 318 g/mol. The van der Waals surface area contributed by atoms with Crippen LogP contribution >= 0.6 is 11.6 Å². The monoisotopic (exact) mass is 317 g/mol. The van der Waals surface area contributed by atoms with Crippen LogP contribution in [-0.2, 0) is 22.8 Å². The number of rotatable bonds is 5. The molecule has 2 rings (SSSR count). The van der Waals surface area contributed by atoms with Gasteiger partial charge in [0.15, 0.2) is 9.84 Å². The number of hydrogen-bond donors (Lipinski definition) is 1. The van der Waals surface area contributed by atoms with Gasteiger partial charge in [0.25, 0.3) is 0 Å². The van der Waals surface area contributed by atoms with Gasteiger partial charge in [0.05, 0.1) is 11.4 Å². The first-order chi connectivity index (χ1) is 9.21. The second-order valence-corrected chi connectivity index (χ2v) is 8.87. The molecule has 20 heavy (non-hydrogen) atoms. The summed E-state index contributed by atoms with van der Waals surface area (Å²) in [6, 6.07) is 3.79. The van der Waals surface area contributed by atoms with Gasteiger partial charge >= 0.3 is 0 Å². The van der Waals surface area contributed by atoms with E-state index in [1.807, 2.05) is 12.1 Å². The van der Waals surface area contributed by atoms with Crippen LogP contribution < -0.4 is 10.1 Å². The second-order valence-electron chi connectivity index (χ2n) is 5.79. The molecule has 0 fully saturated rings. The molecule has 1 aliphatic rings. The predicted octanol–water partition coefficient (Wildman–Crippen LogP) is 2.19. The lowest BCUT2D eigenvalue weighted by Crippen LogP contribution is -2.41. The van der Waals surface area contributed by atoms with Gasteiger partial charge in [0, 0.05) is 36.4 Å². The normalized spacial score (nSPS) is 15.0. The Morgan fingerprint density at radius 3 is 2.75 bits per heavy atom. The fourth-order valence-corrected chi connectivity index (χ4v) is 2.73. The number of sulfone groups is 1. The van der Waals surface area contributed by atoms with E-state index in [2.05, 4.69) is 5.32 Å². The van der Waals surface area contributed by atoms with Crippen molar-refractivity contribution in [2.45, 2.75) is 31.6 Å². The van der Waals surface area contributed by atoms with Crippen LogP contribution in [-0.4, -0.2) is 32.6 Å². The van der Waals surface area contributed by atoms with E-state index in [1.165, 1.54) is 6.26 Å². The Labute approximate surface area is 125 Å². The summed E-state index contributed by atoms with van der Waals surface area (Å²) < 4.78 is 28.1. The van der Waals surface area contributed by atoms with Crippen molar-refractivity contribution in [2.24, 2.45) is 0 Å². The maximum Gasteiger partial charge on any atom is 0.153 e. The maximum absolute atomic E-state index is 11.7. The van der Waals surface area contributed by atoms with E-state index in [-0.39, 0.29) is 0 Å². The molecule has 112 valence electrons.